The van der Waals surface area contributed by atoms with Crippen molar-refractivity contribution in [3.8, 4) is 5.75 Å². The van der Waals surface area contributed by atoms with Gasteiger partial charge in [0.05, 0.1) is 31.9 Å². The van der Waals surface area contributed by atoms with E-state index in [1.807, 2.05) is 6.07 Å². The van der Waals surface area contributed by atoms with Crippen molar-refractivity contribution in [1.29, 1.82) is 0 Å². The van der Waals surface area contributed by atoms with Crippen LogP contribution in [0.2, 0.25) is 0 Å². The lowest BCUT2D eigenvalue weighted by Crippen LogP contribution is -3.14. The van der Waals surface area contributed by atoms with Crippen molar-refractivity contribution < 1.29 is 19.7 Å². The molecule has 1 heterocycles. The maximum absolute atomic E-state index is 6.25. The first-order valence-electron chi connectivity index (χ1n) is 10.8. The molecule has 0 unspecified atom stereocenters. The topological polar surface area (TPSA) is 39.5 Å². The molecule has 4 rings (SSSR count). The molecule has 4 heteroatoms. The Kier molecular flexibility index (Phi) is 7.13. The molecule has 3 N–H and O–H groups in total. The Labute approximate surface area is 173 Å². The molecule has 29 heavy (non-hydrogen) atoms. The van der Waals surface area contributed by atoms with Gasteiger partial charge in [0.1, 0.15) is 32.0 Å². The van der Waals surface area contributed by atoms with Crippen LogP contribution in [0.4, 0.5) is 0 Å². The van der Waals surface area contributed by atoms with E-state index in [0.717, 1.165) is 45.1 Å². The molecule has 0 saturated carbocycles. The predicted octanol–water partition coefficient (Wildman–Crippen LogP) is 1.79. The van der Waals surface area contributed by atoms with Crippen molar-refractivity contribution in [3.05, 3.63) is 77.9 Å². The van der Waals surface area contributed by atoms with Gasteiger partial charge in [-0.15, -0.1) is 0 Å². The Hall–Kier alpha value is -2.40. The van der Waals surface area contributed by atoms with Crippen molar-refractivity contribution in [2.75, 3.05) is 39.4 Å². The van der Waals surface area contributed by atoms with Crippen molar-refractivity contribution in [1.82, 2.24) is 0 Å². The summed E-state index contributed by atoms with van der Waals surface area (Å²) >= 11 is 0. The molecule has 0 spiro atoms. The fourth-order valence-corrected chi connectivity index (χ4v) is 4.05. The number of hydrogen-bond donors (Lipinski definition) is 2. The van der Waals surface area contributed by atoms with Crippen LogP contribution in [0.3, 0.4) is 0 Å². The van der Waals surface area contributed by atoms with E-state index >= 15 is 0 Å². The number of rotatable bonds is 9. The van der Waals surface area contributed by atoms with Crippen LogP contribution in [0.1, 0.15) is 17.5 Å². The number of nitrogens with two attached hydrogens (primary N) is 1. The van der Waals surface area contributed by atoms with E-state index in [1.54, 1.807) is 4.90 Å². The molecule has 1 saturated heterocycles. The highest BCUT2D eigenvalue weighted by Gasteiger charge is 2.14. The third-order valence-electron chi connectivity index (χ3n) is 5.72. The molecule has 0 aliphatic carbocycles. The first-order chi connectivity index (χ1) is 14.4. The van der Waals surface area contributed by atoms with Crippen LogP contribution in [0.5, 0.6) is 5.75 Å². The van der Waals surface area contributed by atoms with Gasteiger partial charge in [-0.05, 0) is 22.4 Å². The number of hydrogen-bond acceptors (Lipinski definition) is 2. The molecular formula is C25H32N2O2+2. The first-order valence-corrected chi connectivity index (χ1v) is 10.8. The van der Waals surface area contributed by atoms with Crippen LogP contribution in [0, 0.1) is 0 Å². The normalized spacial score (nSPS) is 14.9. The van der Waals surface area contributed by atoms with Gasteiger partial charge in [0.2, 0.25) is 0 Å². The minimum Gasteiger partial charge on any atom is -0.488 e. The summed E-state index contributed by atoms with van der Waals surface area (Å²) in [6, 6.07) is 23.3. The van der Waals surface area contributed by atoms with Crippen LogP contribution in [-0.4, -0.2) is 39.4 Å². The Bertz CT molecular complexity index is 892. The molecule has 0 aromatic heterocycles. The molecule has 0 radical (unpaired) electrons. The Morgan fingerprint density at radius 2 is 1.69 bits per heavy atom. The highest BCUT2D eigenvalue weighted by molar-refractivity contribution is 5.87. The Morgan fingerprint density at radius 1 is 0.897 bits per heavy atom. The van der Waals surface area contributed by atoms with Gasteiger partial charge in [-0.3, -0.25) is 0 Å². The van der Waals surface area contributed by atoms with E-state index in [4.69, 9.17) is 9.47 Å². The van der Waals surface area contributed by atoms with Crippen LogP contribution in [0.15, 0.2) is 66.7 Å². The molecule has 0 amide bonds. The van der Waals surface area contributed by atoms with E-state index in [0.29, 0.717) is 6.61 Å². The van der Waals surface area contributed by atoms with Gasteiger partial charge >= 0.3 is 0 Å². The maximum Gasteiger partial charge on any atom is 0.129 e. The van der Waals surface area contributed by atoms with Crippen LogP contribution in [0.25, 0.3) is 10.8 Å². The zero-order chi connectivity index (χ0) is 19.7. The fraction of sp³-hybridized carbons (Fsp3) is 0.360. The number of ether oxygens (including phenoxy) is 2. The summed E-state index contributed by atoms with van der Waals surface area (Å²) in [5.41, 5.74) is 2.50. The van der Waals surface area contributed by atoms with E-state index in [1.165, 1.54) is 34.9 Å². The SMILES string of the molecule is c1ccc(COc2ccc3ccccc3c2C[NH2+]CCC[NH+]2CCOCC2)cc1. The maximum atomic E-state index is 6.25. The van der Waals surface area contributed by atoms with E-state index in [2.05, 4.69) is 66.0 Å². The fourth-order valence-electron chi connectivity index (χ4n) is 4.05. The zero-order valence-electron chi connectivity index (χ0n) is 17.1. The molecule has 4 nitrogen and oxygen atoms in total. The molecular weight excluding hydrogens is 360 g/mol. The average molecular weight is 393 g/mol. The zero-order valence-corrected chi connectivity index (χ0v) is 17.1. The molecule has 1 fully saturated rings. The van der Waals surface area contributed by atoms with Crippen LogP contribution >= 0.6 is 0 Å². The number of benzene rings is 3. The quantitative estimate of drug-likeness (QED) is 0.545. The second kappa shape index (κ2) is 10.4. The van der Waals surface area contributed by atoms with Crippen LogP contribution < -0.4 is 15.0 Å². The largest absolute Gasteiger partial charge is 0.488 e. The molecule has 1 aliphatic rings. The third kappa shape index (κ3) is 5.57. The van der Waals surface area contributed by atoms with E-state index in [9.17, 15) is 0 Å². The second-order valence-corrected chi connectivity index (χ2v) is 7.79. The number of quaternary nitrogens is 2. The Balaban J connectivity index is 1.38. The minimum absolute atomic E-state index is 0.604. The number of morpholine rings is 1. The van der Waals surface area contributed by atoms with Gasteiger partial charge in [-0.2, -0.15) is 0 Å². The smallest absolute Gasteiger partial charge is 0.129 e. The van der Waals surface area contributed by atoms with Gasteiger partial charge in [0.15, 0.2) is 0 Å². The highest BCUT2D eigenvalue weighted by atomic mass is 16.5. The standard InChI is InChI=1S/C25H30N2O2/c1-2-7-21(8-3-1)20-29-25-12-11-22-9-4-5-10-23(22)24(25)19-26-13-6-14-27-15-17-28-18-16-27/h1-5,7-12,26H,6,13-20H2/p+2. The monoisotopic (exact) mass is 392 g/mol. The molecule has 0 atom stereocenters. The highest BCUT2D eigenvalue weighted by Crippen LogP contribution is 2.28. The Morgan fingerprint density at radius 3 is 2.55 bits per heavy atom. The summed E-state index contributed by atoms with van der Waals surface area (Å²) in [5.74, 6) is 1.00. The third-order valence-corrected chi connectivity index (χ3v) is 5.72. The summed E-state index contributed by atoms with van der Waals surface area (Å²) in [7, 11) is 0. The van der Waals surface area contributed by atoms with Crippen molar-refractivity contribution in [2.45, 2.75) is 19.6 Å². The van der Waals surface area contributed by atoms with Gasteiger partial charge in [0.25, 0.3) is 0 Å². The summed E-state index contributed by atoms with van der Waals surface area (Å²) in [4.78, 5) is 1.68. The van der Waals surface area contributed by atoms with Gasteiger partial charge in [-0.1, -0.05) is 60.7 Å². The molecule has 0 bridgehead atoms. The van der Waals surface area contributed by atoms with E-state index in [-0.39, 0.29) is 0 Å². The lowest BCUT2D eigenvalue weighted by atomic mass is 10.0. The molecule has 3 aromatic rings. The average Bonchev–Trinajstić information content (AvgIpc) is 2.79. The van der Waals surface area contributed by atoms with Crippen molar-refractivity contribution in [3.63, 3.8) is 0 Å². The molecule has 1 aliphatic heterocycles. The van der Waals surface area contributed by atoms with Gasteiger partial charge in [0, 0.05) is 6.42 Å². The summed E-state index contributed by atoms with van der Waals surface area (Å²) < 4.78 is 11.7. The summed E-state index contributed by atoms with van der Waals surface area (Å²) in [5, 5.41) is 5.01. The second-order valence-electron chi connectivity index (χ2n) is 7.79. The predicted molar refractivity (Wildman–Crippen MR) is 116 cm³/mol. The summed E-state index contributed by atoms with van der Waals surface area (Å²) in [6.07, 6.45) is 1.24. The minimum atomic E-state index is 0.604. The van der Waals surface area contributed by atoms with E-state index < -0.39 is 0 Å². The molecule has 152 valence electrons. The first kappa shape index (κ1) is 19.9. The van der Waals surface area contributed by atoms with Gasteiger partial charge in [-0.25, -0.2) is 0 Å². The van der Waals surface area contributed by atoms with Crippen molar-refractivity contribution in [2.24, 2.45) is 0 Å². The van der Waals surface area contributed by atoms with Crippen molar-refractivity contribution >= 4 is 10.8 Å². The van der Waals surface area contributed by atoms with Gasteiger partial charge < -0.3 is 19.7 Å². The summed E-state index contributed by atoms with van der Waals surface area (Å²) in [6.45, 7) is 8.07. The number of nitrogens with one attached hydrogen (secondary N) is 1. The lowest BCUT2D eigenvalue weighted by molar-refractivity contribution is -0.909. The number of fused-ring (bicyclic) bond motifs is 1. The van der Waals surface area contributed by atoms with Crippen LogP contribution in [-0.2, 0) is 17.9 Å². The molecule has 3 aromatic carbocycles. The lowest BCUT2D eigenvalue weighted by Gasteiger charge is -2.23.